The summed E-state index contributed by atoms with van der Waals surface area (Å²) in [4.78, 5) is 4.35. The van der Waals surface area contributed by atoms with Crippen molar-refractivity contribution < 1.29 is 8.78 Å². The van der Waals surface area contributed by atoms with Crippen molar-refractivity contribution in [2.75, 3.05) is 0 Å². The summed E-state index contributed by atoms with van der Waals surface area (Å²) < 4.78 is 29.6. The lowest BCUT2D eigenvalue weighted by Crippen LogP contribution is -2.17. The molecule has 2 nitrogen and oxygen atoms in total. The fourth-order valence-corrected chi connectivity index (χ4v) is 3.62. The van der Waals surface area contributed by atoms with E-state index in [0.717, 1.165) is 18.9 Å². The Balaban J connectivity index is 2.26. The highest BCUT2D eigenvalue weighted by molar-refractivity contribution is 6.20. The Bertz CT molecular complexity index is 680. The number of fused-ring (bicyclic) bond motifs is 1. The van der Waals surface area contributed by atoms with Crippen LogP contribution in [0.1, 0.15) is 50.9 Å². The molecule has 0 saturated heterocycles. The first-order valence-corrected chi connectivity index (χ1v) is 7.84. The molecule has 1 saturated carbocycles. The van der Waals surface area contributed by atoms with Gasteiger partial charge in [0.25, 0.3) is 0 Å². The minimum absolute atomic E-state index is 0.197. The fourth-order valence-electron chi connectivity index (χ4n) is 3.47. The van der Waals surface area contributed by atoms with Gasteiger partial charge in [-0.3, -0.25) is 0 Å². The molecule has 1 aromatic heterocycles. The predicted molar refractivity (Wildman–Crippen MR) is 80.5 cm³/mol. The summed E-state index contributed by atoms with van der Waals surface area (Å²) in [5.74, 6) is 0.448. The average Bonchev–Trinajstić information content (AvgIpc) is 2.92. The lowest BCUT2D eigenvalue weighted by Gasteiger charge is -2.23. The first-order valence-electron chi connectivity index (χ1n) is 7.41. The Morgan fingerprint density at radius 2 is 2.00 bits per heavy atom. The van der Waals surface area contributed by atoms with Crippen LogP contribution in [0.25, 0.3) is 11.0 Å². The molecule has 0 N–H and O–H groups in total. The van der Waals surface area contributed by atoms with Crippen LogP contribution in [0.15, 0.2) is 12.1 Å². The van der Waals surface area contributed by atoms with E-state index in [1.165, 1.54) is 6.07 Å². The zero-order chi connectivity index (χ0) is 15.3. The molecule has 21 heavy (non-hydrogen) atoms. The van der Waals surface area contributed by atoms with Crippen LogP contribution < -0.4 is 0 Å². The average molecular weight is 313 g/mol. The quantitative estimate of drug-likeness (QED) is 0.695. The zero-order valence-electron chi connectivity index (χ0n) is 12.4. The molecule has 2 aromatic rings. The standard InChI is InChI=1S/C16H19ClF2N2/c1-8-4-5-13(9(8)2)21-14-7-11(18)6-12(19)15(14)20-16(21)10(3)17/h6-10,13H,4-5H2,1-3H3. The molecule has 1 fully saturated rings. The van der Waals surface area contributed by atoms with Gasteiger partial charge in [-0.1, -0.05) is 13.8 Å². The van der Waals surface area contributed by atoms with Crippen LogP contribution in [0, 0.1) is 23.5 Å². The molecule has 1 aliphatic rings. The SMILES string of the molecule is CC(Cl)c1nc2c(F)cc(F)cc2n1C1CCC(C)C1C. The van der Waals surface area contributed by atoms with Crippen LogP contribution >= 0.6 is 11.6 Å². The highest BCUT2D eigenvalue weighted by atomic mass is 35.5. The van der Waals surface area contributed by atoms with Gasteiger partial charge < -0.3 is 4.57 Å². The summed E-state index contributed by atoms with van der Waals surface area (Å²) >= 11 is 6.23. The summed E-state index contributed by atoms with van der Waals surface area (Å²) in [7, 11) is 0. The maximum Gasteiger partial charge on any atom is 0.153 e. The zero-order valence-corrected chi connectivity index (χ0v) is 13.2. The third kappa shape index (κ3) is 2.33. The van der Waals surface area contributed by atoms with Gasteiger partial charge in [0.2, 0.25) is 0 Å². The maximum atomic E-state index is 14.0. The van der Waals surface area contributed by atoms with Crippen LogP contribution in [0.3, 0.4) is 0 Å². The van der Waals surface area contributed by atoms with E-state index < -0.39 is 11.6 Å². The Labute approximate surface area is 128 Å². The van der Waals surface area contributed by atoms with Crippen LogP contribution in [-0.4, -0.2) is 9.55 Å². The number of aromatic nitrogens is 2. The van der Waals surface area contributed by atoms with E-state index in [-0.39, 0.29) is 16.9 Å². The maximum absolute atomic E-state index is 14.0. The van der Waals surface area contributed by atoms with Crippen molar-refractivity contribution in [3.8, 4) is 0 Å². The highest BCUT2D eigenvalue weighted by Gasteiger charge is 2.34. The normalized spacial score (nSPS) is 27.4. The van der Waals surface area contributed by atoms with Gasteiger partial charge in [0.05, 0.1) is 10.9 Å². The molecule has 0 bridgehead atoms. The number of alkyl halides is 1. The van der Waals surface area contributed by atoms with E-state index >= 15 is 0 Å². The van der Waals surface area contributed by atoms with Gasteiger partial charge in [-0.05, 0) is 37.7 Å². The molecule has 0 radical (unpaired) electrons. The molecule has 1 aliphatic carbocycles. The molecule has 0 aliphatic heterocycles. The number of hydrogen-bond donors (Lipinski definition) is 0. The first-order chi connectivity index (χ1) is 9.90. The Kier molecular flexibility index (Phi) is 3.68. The Hall–Kier alpha value is -1.16. The van der Waals surface area contributed by atoms with Gasteiger partial charge in [0.15, 0.2) is 5.82 Å². The second-order valence-corrected chi connectivity index (χ2v) is 6.85. The molecule has 1 heterocycles. The molecule has 0 spiro atoms. The van der Waals surface area contributed by atoms with Crippen LogP contribution in [0.2, 0.25) is 0 Å². The lowest BCUT2D eigenvalue weighted by molar-refractivity contribution is 0.352. The fraction of sp³-hybridized carbons (Fsp3) is 0.562. The van der Waals surface area contributed by atoms with E-state index in [4.69, 9.17) is 11.6 Å². The van der Waals surface area contributed by atoms with E-state index in [1.807, 2.05) is 11.5 Å². The first kappa shape index (κ1) is 14.8. The van der Waals surface area contributed by atoms with Gasteiger partial charge in [-0.25, -0.2) is 13.8 Å². The van der Waals surface area contributed by atoms with Crippen LogP contribution in [0.4, 0.5) is 8.78 Å². The van der Waals surface area contributed by atoms with Crippen molar-refractivity contribution in [1.82, 2.24) is 9.55 Å². The van der Waals surface area contributed by atoms with Crippen molar-refractivity contribution in [3.05, 3.63) is 29.6 Å². The molecular formula is C16H19ClF2N2. The van der Waals surface area contributed by atoms with Gasteiger partial charge in [0, 0.05) is 12.1 Å². The Morgan fingerprint density at radius 1 is 1.29 bits per heavy atom. The number of hydrogen-bond acceptors (Lipinski definition) is 1. The van der Waals surface area contributed by atoms with Crippen molar-refractivity contribution >= 4 is 22.6 Å². The van der Waals surface area contributed by atoms with Crippen LogP contribution in [0.5, 0.6) is 0 Å². The number of halogens is 3. The van der Waals surface area contributed by atoms with E-state index in [9.17, 15) is 8.78 Å². The summed E-state index contributed by atoms with van der Waals surface area (Å²) in [5, 5.41) is -0.344. The minimum Gasteiger partial charge on any atom is -0.323 e. The van der Waals surface area contributed by atoms with E-state index in [1.54, 1.807) is 0 Å². The third-order valence-corrected chi connectivity index (χ3v) is 5.05. The molecule has 1 aromatic carbocycles. The molecule has 4 atom stereocenters. The highest BCUT2D eigenvalue weighted by Crippen LogP contribution is 2.43. The van der Waals surface area contributed by atoms with Gasteiger partial charge >= 0.3 is 0 Å². The molecule has 3 rings (SSSR count). The largest absolute Gasteiger partial charge is 0.323 e. The lowest BCUT2D eigenvalue weighted by atomic mass is 9.97. The van der Waals surface area contributed by atoms with E-state index in [2.05, 4.69) is 18.8 Å². The predicted octanol–water partition coefficient (Wildman–Crippen LogP) is 5.22. The Morgan fingerprint density at radius 3 is 2.57 bits per heavy atom. The molecule has 114 valence electrons. The summed E-state index contributed by atoms with van der Waals surface area (Å²) in [6.07, 6.45) is 2.10. The molecule has 4 unspecified atom stereocenters. The second kappa shape index (κ2) is 5.24. The minimum atomic E-state index is -0.624. The summed E-state index contributed by atoms with van der Waals surface area (Å²) in [5.41, 5.74) is 0.728. The monoisotopic (exact) mass is 312 g/mol. The van der Waals surface area contributed by atoms with Crippen molar-refractivity contribution in [2.45, 2.75) is 45.0 Å². The number of rotatable bonds is 2. The number of benzene rings is 1. The smallest absolute Gasteiger partial charge is 0.153 e. The molecular weight excluding hydrogens is 294 g/mol. The third-order valence-electron chi connectivity index (χ3n) is 4.85. The molecule has 0 amide bonds. The van der Waals surface area contributed by atoms with Crippen molar-refractivity contribution in [3.63, 3.8) is 0 Å². The summed E-state index contributed by atoms with van der Waals surface area (Å²) in [6, 6.07) is 2.44. The number of nitrogens with zero attached hydrogens (tertiary/aromatic N) is 2. The van der Waals surface area contributed by atoms with Gasteiger partial charge in [-0.15, -0.1) is 11.6 Å². The van der Waals surface area contributed by atoms with E-state index in [0.29, 0.717) is 23.2 Å². The van der Waals surface area contributed by atoms with Gasteiger partial charge in [0.1, 0.15) is 17.2 Å². The summed E-state index contributed by atoms with van der Waals surface area (Å²) in [6.45, 7) is 6.22. The second-order valence-electron chi connectivity index (χ2n) is 6.19. The molecule has 5 heteroatoms. The van der Waals surface area contributed by atoms with Gasteiger partial charge in [-0.2, -0.15) is 0 Å². The number of imidazole rings is 1. The van der Waals surface area contributed by atoms with Crippen LogP contribution in [-0.2, 0) is 0 Å². The van der Waals surface area contributed by atoms with Crippen molar-refractivity contribution in [2.24, 2.45) is 11.8 Å². The van der Waals surface area contributed by atoms with Crippen molar-refractivity contribution in [1.29, 1.82) is 0 Å². The topological polar surface area (TPSA) is 17.8 Å².